The molecule has 1 aromatic rings. The maximum atomic E-state index is 9.13. The van der Waals surface area contributed by atoms with Crippen molar-refractivity contribution in [1.82, 2.24) is 0 Å². The van der Waals surface area contributed by atoms with Crippen molar-refractivity contribution in [2.45, 2.75) is 12.5 Å². The SMILES string of the molecule is C=CCOC1CCN(c2ccc(Cl)cc2C#N)C1. The van der Waals surface area contributed by atoms with Crippen LogP contribution in [0.3, 0.4) is 0 Å². The largest absolute Gasteiger partial charge is 0.372 e. The van der Waals surface area contributed by atoms with Crippen LogP contribution in [0.15, 0.2) is 30.9 Å². The molecule has 0 bridgehead atoms. The Morgan fingerprint density at radius 1 is 1.61 bits per heavy atom. The summed E-state index contributed by atoms with van der Waals surface area (Å²) in [5, 5.41) is 9.72. The molecule has 94 valence electrons. The number of anilines is 1. The van der Waals surface area contributed by atoms with E-state index in [0.717, 1.165) is 25.2 Å². The summed E-state index contributed by atoms with van der Waals surface area (Å²) in [7, 11) is 0. The Kier molecular flexibility index (Phi) is 4.24. The second-order valence-corrected chi connectivity index (χ2v) is 4.69. The third-order valence-corrected chi connectivity index (χ3v) is 3.25. The Morgan fingerprint density at radius 2 is 2.44 bits per heavy atom. The van der Waals surface area contributed by atoms with E-state index < -0.39 is 0 Å². The Hall–Kier alpha value is -1.50. The summed E-state index contributed by atoms with van der Waals surface area (Å²) < 4.78 is 5.63. The van der Waals surface area contributed by atoms with Crippen LogP contribution in [0, 0.1) is 11.3 Å². The number of halogens is 1. The van der Waals surface area contributed by atoms with Gasteiger partial charge in [-0.15, -0.1) is 6.58 Å². The third-order valence-electron chi connectivity index (χ3n) is 3.01. The summed E-state index contributed by atoms with van der Waals surface area (Å²) in [4.78, 5) is 2.17. The molecule has 0 amide bonds. The van der Waals surface area contributed by atoms with Crippen molar-refractivity contribution in [2.24, 2.45) is 0 Å². The molecule has 3 nitrogen and oxygen atoms in total. The first-order chi connectivity index (χ1) is 8.74. The molecule has 4 heteroatoms. The Morgan fingerprint density at radius 3 is 3.17 bits per heavy atom. The standard InChI is InChI=1S/C14H15ClN2O/c1-2-7-18-13-5-6-17(10-13)14-4-3-12(15)8-11(14)9-16/h2-4,8,13H,1,5-7,10H2. The molecule has 0 spiro atoms. The van der Waals surface area contributed by atoms with Gasteiger partial charge >= 0.3 is 0 Å². The van der Waals surface area contributed by atoms with Crippen LogP contribution in [0.4, 0.5) is 5.69 Å². The van der Waals surface area contributed by atoms with Gasteiger partial charge in [0, 0.05) is 18.1 Å². The van der Waals surface area contributed by atoms with E-state index in [0.29, 0.717) is 17.2 Å². The van der Waals surface area contributed by atoms with E-state index in [1.807, 2.05) is 12.1 Å². The number of benzene rings is 1. The van der Waals surface area contributed by atoms with Crippen LogP contribution in [0.2, 0.25) is 5.02 Å². The zero-order chi connectivity index (χ0) is 13.0. The van der Waals surface area contributed by atoms with Gasteiger partial charge in [0.05, 0.1) is 24.0 Å². The van der Waals surface area contributed by atoms with E-state index in [-0.39, 0.29) is 6.10 Å². The maximum absolute atomic E-state index is 9.13. The first-order valence-corrected chi connectivity index (χ1v) is 6.29. The Balaban J connectivity index is 2.09. The average molecular weight is 263 g/mol. The van der Waals surface area contributed by atoms with Crippen molar-refractivity contribution in [3.63, 3.8) is 0 Å². The molecule has 1 heterocycles. The lowest BCUT2D eigenvalue weighted by molar-refractivity contribution is 0.0909. The van der Waals surface area contributed by atoms with Gasteiger partial charge < -0.3 is 9.64 Å². The molecule has 0 aromatic heterocycles. The first kappa shape index (κ1) is 12.9. The highest BCUT2D eigenvalue weighted by molar-refractivity contribution is 6.30. The molecular formula is C14H15ClN2O. The van der Waals surface area contributed by atoms with Gasteiger partial charge in [-0.2, -0.15) is 5.26 Å². The monoisotopic (exact) mass is 262 g/mol. The zero-order valence-corrected chi connectivity index (χ0v) is 10.9. The second kappa shape index (κ2) is 5.90. The molecule has 0 saturated carbocycles. The predicted octanol–water partition coefficient (Wildman–Crippen LogP) is 2.99. The molecule has 18 heavy (non-hydrogen) atoms. The molecule has 1 atom stereocenters. The van der Waals surface area contributed by atoms with Crippen molar-refractivity contribution in [3.8, 4) is 6.07 Å². The summed E-state index contributed by atoms with van der Waals surface area (Å²) in [6, 6.07) is 7.61. The highest BCUT2D eigenvalue weighted by Gasteiger charge is 2.24. The summed E-state index contributed by atoms with van der Waals surface area (Å²) in [6.45, 7) is 5.92. The van der Waals surface area contributed by atoms with Crippen LogP contribution >= 0.6 is 11.6 Å². The highest BCUT2D eigenvalue weighted by atomic mass is 35.5. The van der Waals surface area contributed by atoms with E-state index in [9.17, 15) is 0 Å². The predicted molar refractivity (Wildman–Crippen MR) is 72.9 cm³/mol. The molecule has 1 aromatic carbocycles. The van der Waals surface area contributed by atoms with Gasteiger partial charge in [-0.1, -0.05) is 17.7 Å². The summed E-state index contributed by atoms with van der Waals surface area (Å²) in [5.74, 6) is 0. The van der Waals surface area contributed by atoms with E-state index in [4.69, 9.17) is 21.6 Å². The van der Waals surface area contributed by atoms with Crippen LogP contribution in [0.25, 0.3) is 0 Å². The lowest BCUT2D eigenvalue weighted by atomic mass is 10.2. The Bertz CT molecular complexity index is 481. The number of hydrogen-bond acceptors (Lipinski definition) is 3. The summed E-state index contributed by atoms with van der Waals surface area (Å²) >= 11 is 5.89. The molecule has 0 aliphatic carbocycles. The van der Waals surface area contributed by atoms with Gasteiger partial charge in [0.2, 0.25) is 0 Å². The average Bonchev–Trinajstić information content (AvgIpc) is 2.84. The van der Waals surface area contributed by atoms with E-state index in [1.165, 1.54) is 0 Å². The molecular weight excluding hydrogens is 248 g/mol. The smallest absolute Gasteiger partial charge is 0.101 e. The van der Waals surface area contributed by atoms with Crippen molar-refractivity contribution >= 4 is 17.3 Å². The van der Waals surface area contributed by atoms with Gasteiger partial charge in [0.1, 0.15) is 6.07 Å². The van der Waals surface area contributed by atoms with Crippen LogP contribution in [-0.2, 0) is 4.74 Å². The minimum absolute atomic E-state index is 0.213. The fraction of sp³-hybridized carbons (Fsp3) is 0.357. The highest BCUT2D eigenvalue weighted by Crippen LogP contribution is 2.27. The Labute approximate surface area is 112 Å². The summed E-state index contributed by atoms with van der Waals surface area (Å²) in [6.07, 6.45) is 2.94. The third kappa shape index (κ3) is 2.84. The summed E-state index contributed by atoms with van der Waals surface area (Å²) in [5.41, 5.74) is 1.55. The van der Waals surface area contributed by atoms with E-state index >= 15 is 0 Å². The number of hydrogen-bond donors (Lipinski definition) is 0. The normalized spacial score (nSPS) is 18.7. The molecule has 0 N–H and O–H groups in total. The fourth-order valence-electron chi connectivity index (χ4n) is 2.16. The van der Waals surface area contributed by atoms with Gasteiger partial charge in [-0.3, -0.25) is 0 Å². The van der Waals surface area contributed by atoms with E-state index in [2.05, 4.69) is 17.5 Å². The number of nitrogens with zero attached hydrogens (tertiary/aromatic N) is 2. The minimum atomic E-state index is 0.213. The van der Waals surface area contributed by atoms with Crippen molar-refractivity contribution in [2.75, 3.05) is 24.6 Å². The molecule has 0 radical (unpaired) electrons. The zero-order valence-electron chi connectivity index (χ0n) is 10.1. The molecule has 1 fully saturated rings. The molecule has 1 unspecified atom stereocenters. The molecule has 1 saturated heterocycles. The lowest BCUT2D eigenvalue weighted by Gasteiger charge is -2.20. The molecule has 1 aliphatic rings. The lowest BCUT2D eigenvalue weighted by Crippen LogP contribution is -2.23. The van der Waals surface area contributed by atoms with Gasteiger partial charge in [0.25, 0.3) is 0 Å². The quantitative estimate of drug-likeness (QED) is 0.783. The second-order valence-electron chi connectivity index (χ2n) is 4.25. The van der Waals surface area contributed by atoms with Gasteiger partial charge in [-0.25, -0.2) is 0 Å². The van der Waals surface area contributed by atoms with Crippen molar-refractivity contribution < 1.29 is 4.74 Å². The number of nitriles is 1. The fourth-order valence-corrected chi connectivity index (χ4v) is 2.33. The number of ether oxygens (including phenoxy) is 1. The number of rotatable bonds is 4. The van der Waals surface area contributed by atoms with Crippen LogP contribution in [0.5, 0.6) is 0 Å². The van der Waals surface area contributed by atoms with Gasteiger partial charge in [-0.05, 0) is 24.6 Å². The minimum Gasteiger partial charge on any atom is -0.372 e. The van der Waals surface area contributed by atoms with E-state index in [1.54, 1.807) is 12.1 Å². The molecule has 1 aliphatic heterocycles. The van der Waals surface area contributed by atoms with Crippen LogP contribution < -0.4 is 4.90 Å². The molecule has 2 rings (SSSR count). The van der Waals surface area contributed by atoms with Crippen molar-refractivity contribution in [1.29, 1.82) is 5.26 Å². The van der Waals surface area contributed by atoms with Gasteiger partial charge in [0.15, 0.2) is 0 Å². The maximum Gasteiger partial charge on any atom is 0.101 e. The van der Waals surface area contributed by atoms with Crippen LogP contribution in [-0.4, -0.2) is 25.8 Å². The first-order valence-electron chi connectivity index (χ1n) is 5.91. The van der Waals surface area contributed by atoms with Crippen LogP contribution in [0.1, 0.15) is 12.0 Å². The van der Waals surface area contributed by atoms with Crippen molar-refractivity contribution in [3.05, 3.63) is 41.4 Å². The topological polar surface area (TPSA) is 36.3 Å².